The second kappa shape index (κ2) is 4.82. The summed E-state index contributed by atoms with van der Waals surface area (Å²) in [4.78, 5) is 23.0. The molecule has 2 heterocycles. The Labute approximate surface area is 95.3 Å². The Hall–Kier alpha value is -1.10. The van der Waals surface area contributed by atoms with Crippen LogP contribution in [0.2, 0.25) is 0 Å². The molecule has 0 aromatic rings. The summed E-state index contributed by atoms with van der Waals surface area (Å²) in [6.07, 6.45) is 2.63. The summed E-state index contributed by atoms with van der Waals surface area (Å²) in [6, 6.07) is -0.125. The molecular weight excluding hydrogens is 206 g/mol. The van der Waals surface area contributed by atoms with Crippen LogP contribution < -0.4 is 16.0 Å². The molecule has 0 bridgehead atoms. The summed E-state index contributed by atoms with van der Waals surface area (Å²) >= 11 is 0. The molecule has 2 saturated heterocycles. The SMILES string of the molecule is CC1CCCNC1C(=O)NC1CNC(=O)C1. The van der Waals surface area contributed by atoms with E-state index in [0.29, 0.717) is 18.9 Å². The average molecular weight is 225 g/mol. The fourth-order valence-electron chi connectivity index (χ4n) is 2.40. The van der Waals surface area contributed by atoms with E-state index >= 15 is 0 Å². The first kappa shape index (κ1) is 11.4. The molecule has 0 aliphatic carbocycles. The van der Waals surface area contributed by atoms with E-state index in [0.717, 1.165) is 19.4 Å². The van der Waals surface area contributed by atoms with Crippen LogP contribution >= 0.6 is 0 Å². The molecular formula is C11H19N3O2. The van der Waals surface area contributed by atoms with Crippen LogP contribution in [0, 0.1) is 5.92 Å². The number of carbonyl (C=O) groups excluding carboxylic acids is 2. The van der Waals surface area contributed by atoms with E-state index in [1.807, 2.05) is 0 Å². The van der Waals surface area contributed by atoms with Crippen LogP contribution in [0.15, 0.2) is 0 Å². The predicted molar refractivity (Wildman–Crippen MR) is 59.7 cm³/mol. The lowest BCUT2D eigenvalue weighted by Gasteiger charge is -2.29. The summed E-state index contributed by atoms with van der Waals surface area (Å²) in [6.45, 7) is 3.56. The Morgan fingerprint density at radius 2 is 2.31 bits per heavy atom. The standard InChI is InChI=1S/C11H19N3O2/c1-7-3-2-4-12-10(7)11(16)14-8-5-9(15)13-6-8/h7-8,10,12H,2-6H2,1H3,(H,13,15)(H,14,16). The van der Waals surface area contributed by atoms with Gasteiger partial charge in [-0.2, -0.15) is 0 Å². The second-order valence-electron chi connectivity index (χ2n) is 4.77. The lowest BCUT2D eigenvalue weighted by Crippen LogP contribution is -2.53. The van der Waals surface area contributed by atoms with Gasteiger partial charge in [0.05, 0.1) is 12.1 Å². The van der Waals surface area contributed by atoms with E-state index in [4.69, 9.17) is 0 Å². The second-order valence-corrected chi connectivity index (χ2v) is 4.77. The van der Waals surface area contributed by atoms with Crippen LogP contribution in [0.1, 0.15) is 26.2 Å². The van der Waals surface area contributed by atoms with E-state index in [9.17, 15) is 9.59 Å². The van der Waals surface area contributed by atoms with E-state index in [-0.39, 0.29) is 23.9 Å². The number of amides is 2. The maximum Gasteiger partial charge on any atom is 0.237 e. The van der Waals surface area contributed by atoms with Crippen molar-refractivity contribution < 1.29 is 9.59 Å². The number of hydrogen-bond donors (Lipinski definition) is 3. The van der Waals surface area contributed by atoms with Gasteiger partial charge in [0.2, 0.25) is 11.8 Å². The molecule has 3 unspecified atom stereocenters. The van der Waals surface area contributed by atoms with Gasteiger partial charge in [0, 0.05) is 13.0 Å². The lowest BCUT2D eigenvalue weighted by molar-refractivity contribution is -0.125. The first-order valence-corrected chi connectivity index (χ1v) is 5.97. The molecule has 0 radical (unpaired) electrons. The van der Waals surface area contributed by atoms with E-state index in [1.165, 1.54) is 0 Å². The van der Waals surface area contributed by atoms with Crippen molar-refractivity contribution in [2.45, 2.75) is 38.3 Å². The summed E-state index contributed by atoms with van der Waals surface area (Å²) in [5.74, 6) is 0.433. The number of carbonyl (C=O) groups is 2. The molecule has 2 aliphatic heterocycles. The zero-order valence-electron chi connectivity index (χ0n) is 9.58. The minimum Gasteiger partial charge on any atom is -0.354 e. The summed E-state index contributed by atoms with van der Waals surface area (Å²) in [5.41, 5.74) is 0. The summed E-state index contributed by atoms with van der Waals surface area (Å²) < 4.78 is 0. The van der Waals surface area contributed by atoms with Gasteiger partial charge in [-0.05, 0) is 25.3 Å². The summed E-state index contributed by atoms with van der Waals surface area (Å²) in [7, 11) is 0. The smallest absolute Gasteiger partial charge is 0.237 e. The zero-order chi connectivity index (χ0) is 11.5. The quantitative estimate of drug-likeness (QED) is 0.586. The Kier molecular flexibility index (Phi) is 3.43. The van der Waals surface area contributed by atoms with Gasteiger partial charge in [0.25, 0.3) is 0 Å². The van der Waals surface area contributed by atoms with E-state index < -0.39 is 0 Å². The third kappa shape index (κ3) is 2.52. The maximum atomic E-state index is 12.0. The van der Waals surface area contributed by atoms with Gasteiger partial charge in [-0.3, -0.25) is 9.59 Å². The topological polar surface area (TPSA) is 70.2 Å². The van der Waals surface area contributed by atoms with Gasteiger partial charge in [0.15, 0.2) is 0 Å². The normalized spacial score (nSPS) is 34.6. The number of rotatable bonds is 2. The van der Waals surface area contributed by atoms with Crippen molar-refractivity contribution in [3.8, 4) is 0 Å². The molecule has 0 aromatic heterocycles. The largest absolute Gasteiger partial charge is 0.354 e. The molecule has 0 saturated carbocycles. The Morgan fingerprint density at radius 3 is 2.94 bits per heavy atom. The summed E-state index contributed by atoms with van der Waals surface area (Å²) in [5, 5.41) is 8.88. The molecule has 3 atom stereocenters. The third-order valence-electron chi connectivity index (χ3n) is 3.38. The lowest BCUT2D eigenvalue weighted by atomic mass is 9.92. The monoisotopic (exact) mass is 225 g/mol. The fourth-order valence-corrected chi connectivity index (χ4v) is 2.40. The fraction of sp³-hybridized carbons (Fsp3) is 0.818. The van der Waals surface area contributed by atoms with Gasteiger partial charge in [0.1, 0.15) is 0 Å². The van der Waals surface area contributed by atoms with E-state index in [2.05, 4.69) is 22.9 Å². The third-order valence-corrected chi connectivity index (χ3v) is 3.38. The van der Waals surface area contributed by atoms with Crippen LogP contribution in [-0.2, 0) is 9.59 Å². The van der Waals surface area contributed by atoms with Gasteiger partial charge in [-0.15, -0.1) is 0 Å². The molecule has 0 spiro atoms. The zero-order valence-corrected chi connectivity index (χ0v) is 9.58. The highest BCUT2D eigenvalue weighted by molar-refractivity contribution is 5.85. The van der Waals surface area contributed by atoms with Crippen molar-refractivity contribution in [2.75, 3.05) is 13.1 Å². The molecule has 90 valence electrons. The predicted octanol–water partition coefficient (Wildman–Crippen LogP) is -0.621. The van der Waals surface area contributed by atoms with Gasteiger partial charge in [-0.1, -0.05) is 6.92 Å². The first-order valence-electron chi connectivity index (χ1n) is 5.97. The van der Waals surface area contributed by atoms with Crippen molar-refractivity contribution >= 4 is 11.8 Å². The molecule has 0 aromatic carbocycles. The van der Waals surface area contributed by atoms with Crippen LogP contribution in [0.4, 0.5) is 0 Å². The highest BCUT2D eigenvalue weighted by Gasteiger charge is 2.30. The first-order chi connectivity index (χ1) is 7.66. The number of hydrogen-bond acceptors (Lipinski definition) is 3. The molecule has 16 heavy (non-hydrogen) atoms. The Balaban J connectivity index is 1.84. The maximum absolute atomic E-state index is 12.0. The number of nitrogens with one attached hydrogen (secondary N) is 3. The van der Waals surface area contributed by atoms with Crippen LogP contribution in [-0.4, -0.2) is 37.0 Å². The highest BCUT2D eigenvalue weighted by Crippen LogP contribution is 2.15. The van der Waals surface area contributed by atoms with Crippen molar-refractivity contribution in [3.63, 3.8) is 0 Å². The van der Waals surface area contributed by atoms with Crippen molar-refractivity contribution in [1.29, 1.82) is 0 Å². The van der Waals surface area contributed by atoms with Crippen molar-refractivity contribution in [1.82, 2.24) is 16.0 Å². The Morgan fingerprint density at radius 1 is 1.50 bits per heavy atom. The molecule has 2 fully saturated rings. The van der Waals surface area contributed by atoms with Gasteiger partial charge < -0.3 is 16.0 Å². The molecule has 5 nitrogen and oxygen atoms in total. The van der Waals surface area contributed by atoms with Crippen molar-refractivity contribution in [2.24, 2.45) is 5.92 Å². The molecule has 5 heteroatoms. The minimum atomic E-state index is -0.0931. The van der Waals surface area contributed by atoms with Gasteiger partial charge in [-0.25, -0.2) is 0 Å². The van der Waals surface area contributed by atoms with Crippen LogP contribution in [0.25, 0.3) is 0 Å². The van der Waals surface area contributed by atoms with Gasteiger partial charge >= 0.3 is 0 Å². The van der Waals surface area contributed by atoms with Crippen LogP contribution in [0.3, 0.4) is 0 Å². The molecule has 2 aliphatic rings. The van der Waals surface area contributed by atoms with E-state index in [1.54, 1.807) is 0 Å². The Bertz CT molecular complexity index is 293. The molecule has 2 rings (SSSR count). The average Bonchev–Trinajstić information content (AvgIpc) is 2.64. The van der Waals surface area contributed by atoms with Crippen LogP contribution in [0.5, 0.6) is 0 Å². The number of piperidine rings is 1. The van der Waals surface area contributed by atoms with Crippen molar-refractivity contribution in [3.05, 3.63) is 0 Å². The molecule has 2 amide bonds. The minimum absolute atomic E-state index is 0.0231. The molecule has 3 N–H and O–H groups in total. The highest BCUT2D eigenvalue weighted by atomic mass is 16.2.